The van der Waals surface area contributed by atoms with Gasteiger partial charge in [-0.15, -0.1) is 0 Å². The molecular formula is C12H24N2O2. The highest BCUT2D eigenvalue weighted by atomic mass is 16.5. The predicted molar refractivity (Wildman–Crippen MR) is 63.5 cm³/mol. The van der Waals surface area contributed by atoms with Crippen LogP contribution in [0.2, 0.25) is 0 Å². The first-order valence-corrected chi connectivity index (χ1v) is 6.31. The van der Waals surface area contributed by atoms with Gasteiger partial charge < -0.3 is 14.7 Å². The van der Waals surface area contributed by atoms with Crippen molar-refractivity contribution < 1.29 is 9.84 Å². The fourth-order valence-corrected chi connectivity index (χ4v) is 2.85. The van der Waals surface area contributed by atoms with Gasteiger partial charge in [0, 0.05) is 31.6 Å². The van der Waals surface area contributed by atoms with Crippen LogP contribution in [0.15, 0.2) is 0 Å². The van der Waals surface area contributed by atoms with Gasteiger partial charge in [-0.2, -0.15) is 0 Å². The Hall–Kier alpha value is -0.160. The number of piperidine rings is 1. The summed E-state index contributed by atoms with van der Waals surface area (Å²) in [5.41, 5.74) is 0. The molecule has 2 aliphatic rings. The van der Waals surface area contributed by atoms with Crippen molar-refractivity contribution in [3.05, 3.63) is 0 Å². The van der Waals surface area contributed by atoms with Crippen molar-refractivity contribution in [3.8, 4) is 0 Å². The molecule has 2 heterocycles. The summed E-state index contributed by atoms with van der Waals surface area (Å²) in [6.07, 6.45) is 1.77. The molecule has 16 heavy (non-hydrogen) atoms. The number of aliphatic hydroxyl groups is 1. The first-order valence-electron chi connectivity index (χ1n) is 6.31. The third-order valence-corrected chi connectivity index (χ3v) is 3.73. The van der Waals surface area contributed by atoms with Crippen LogP contribution in [0.1, 0.15) is 12.8 Å². The van der Waals surface area contributed by atoms with Crippen molar-refractivity contribution in [1.82, 2.24) is 9.80 Å². The van der Waals surface area contributed by atoms with Crippen LogP contribution < -0.4 is 0 Å². The van der Waals surface area contributed by atoms with E-state index < -0.39 is 0 Å². The molecule has 2 unspecified atom stereocenters. The zero-order valence-electron chi connectivity index (χ0n) is 10.4. The summed E-state index contributed by atoms with van der Waals surface area (Å²) in [6.45, 7) is 4.92. The number of hydrogen-bond donors (Lipinski definition) is 1. The molecule has 1 N–H and O–H groups in total. The molecule has 0 saturated carbocycles. The van der Waals surface area contributed by atoms with Gasteiger partial charge in [0.15, 0.2) is 0 Å². The number of nitrogens with zero attached hydrogens (tertiary/aromatic N) is 2. The largest absolute Gasteiger partial charge is 0.393 e. The van der Waals surface area contributed by atoms with E-state index in [4.69, 9.17) is 4.74 Å². The standard InChI is InChI=1S/C12H24N2O2/c1-13(2)7-10-8-16-9-12(10)14-5-3-11(15)4-6-14/h10-12,15H,3-9H2,1-2H3. The highest BCUT2D eigenvalue weighted by Gasteiger charge is 2.34. The summed E-state index contributed by atoms with van der Waals surface area (Å²) in [5, 5.41) is 9.51. The molecule has 2 fully saturated rings. The molecule has 0 spiro atoms. The van der Waals surface area contributed by atoms with Crippen molar-refractivity contribution in [1.29, 1.82) is 0 Å². The van der Waals surface area contributed by atoms with Gasteiger partial charge >= 0.3 is 0 Å². The number of aliphatic hydroxyl groups excluding tert-OH is 1. The maximum Gasteiger partial charge on any atom is 0.0626 e. The van der Waals surface area contributed by atoms with Crippen LogP contribution in [0.3, 0.4) is 0 Å². The van der Waals surface area contributed by atoms with Gasteiger partial charge in [0.05, 0.1) is 19.3 Å². The first-order chi connectivity index (χ1) is 7.66. The van der Waals surface area contributed by atoms with Crippen LogP contribution in [-0.2, 0) is 4.74 Å². The Morgan fingerprint density at radius 2 is 1.94 bits per heavy atom. The van der Waals surface area contributed by atoms with Gasteiger partial charge in [-0.25, -0.2) is 0 Å². The molecule has 0 aromatic carbocycles. The van der Waals surface area contributed by atoms with Crippen LogP contribution in [0.4, 0.5) is 0 Å². The number of rotatable bonds is 3. The topological polar surface area (TPSA) is 35.9 Å². The van der Waals surface area contributed by atoms with Crippen LogP contribution >= 0.6 is 0 Å². The van der Waals surface area contributed by atoms with Crippen molar-refractivity contribution in [2.24, 2.45) is 5.92 Å². The van der Waals surface area contributed by atoms with Crippen LogP contribution in [-0.4, -0.2) is 74.0 Å². The van der Waals surface area contributed by atoms with Gasteiger partial charge in [-0.3, -0.25) is 4.90 Å². The summed E-state index contributed by atoms with van der Waals surface area (Å²) in [5.74, 6) is 0.630. The molecule has 4 heteroatoms. The summed E-state index contributed by atoms with van der Waals surface area (Å²) in [4.78, 5) is 4.75. The summed E-state index contributed by atoms with van der Waals surface area (Å²) >= 11 is 0. The molecule has 0 bridgehead atoms. The normalized spacial score (nSPS) is 33.8. The third-order valence-electron chi connectivity index (χ3n) is 3.73. The zero-order chi connectivity index (χ0) is 11.5. The lowest BCUT2D eigenvalue weighted by molar-refractivity contribution is 0.0470. The minimum absolute atomic E-state index is 0.0779. The predicted octanol–water partition coefficient (Wildman–Crippen LogP) is 0.0197. The molecule has 2 rings (SSSR count). The van der Waals surface area contributed by atoms with E-state index in [-0.39, 0.29) is 6.10 Å². The summed E-state index contributed by atoms with van der Waals surface area (Å²) in [6, 6.07) is 0.565. The van der Waals surface area contributed by atoms with E-state index in [1.165, 1.54) is 0 Å². The van der Waals surface area contributed by atoms with E-state index in [1.807, 2.05) is 0 Å². The highest BCUT2D eigenvalue weighted by Crippen LogP contribution is 2.23. The summed E-state index contributed by atoms with van der Waals surface area (Å²) in [7, 11) is 4.24. The lowest BCUT2D eigenvalue weighted by Gasteiger charge is -2.36. The molecule has 2 saturated heterocycles. The van der Waals surface area contributed by atoms with Gasteiger partial charge in [0.2, 0.25) is 0 Å². The van der Waals surface area contributed by atoms with Gasteiger partial charge in [0.1, 0.15) is 0 Å². The second kappa shape index (κ2) is 5.45. The van der Waals surface area contributed by atoms with Crippen molar-refractivity contribution in [2.75, 3.05) is 46.9 Å². The van der Waals surface area contributed by atoms with Crippen molar-refractivity contribution in [3.63, 3.8) is 0 Å². The fourth-order valence-electron chi connectivity index (χ4n) is 2.85. The Balaban J connectivity index is 1.87. The maximum atomic E-state index is 9.51. The lowest BCUT2D eigenvalue weighted by atomic mass is 9.98. The SMILES string of the molecule is CN(C)CC1COCC1N1CCC(O)CC1. The molecule has 0 amide bonds. The van der Waals surface area contributed by atoms with Crippen molar-refractivity contribution in [2.45, 2.75) is 25.0 Å². The van der Waals surface area contributed by atoms with E-state index in [1.54, 1.807) is 0 Å². The number of hydrogen-bond acceptors (Lipinski definition) is 4. The van der Waals surface area contributed by atoms with Crippen LogP contribution in [0.25, 0.3) is 0 Å². The van der Waals surface area contributed by atoms with E-state index in [0.29, 0.717) is 12.0 Å². The molecule has 2 atom stereocenters. The Kier molecular flexibility index (Phi) is 4.19. The molecular weight excluding hydrogens is 204 g/mol. The minimum Gasteiger partial charge on any atom is -0.393 e. The van der Waals surface area contributed by atoms with E-state index in [2.05, 4.69) is 23.9 Å². The Bertz CT molecular complexity index is 215. The quantitative estimate of drug-likeness (QED) is 0.739. The van der Waals surface area contributed by atoms with E-state index >= 15 is 0 Å². The number of likely N-dealkylation sites (tertiary alicyclic amines) is 1. The van der Waals surface area contributed by atoms with Gasteiger partial charge in [-0.05, 0) is 26.9 Å². The highest BCUT2D eigenvalue weighted by molar-refractivity contribution is 4.87. The molecule has 0 aliphatic carbocycles. The summed E-state index contributed by atoms with van der Waals surface area (Å²) < 4.78 is 5.62. The molecule has 2 aliphatic heterocycles. The first kappa shape index (κ1) is 12.3. The lowest BCUT2D eigenvalue weighted by Crippen LogP contribution is -2.48. The molecule has 0 radical (unpaired) electrons. The average Bonchev–Trinajstić information content (AvgIpc) is 2.66. The molecule has 0 aromatic heterocycles. The second-order valence-electron chi connectivity index (χ2n) is 5.39. The fraction of sp³-hybridized carbons (Fsp3) is 1.00. The minimum atomic E-state index is -0.0779. The Labute approximate surface area is 98.2 Å². The maximum absolute atomic E-state index is 9.51. The molecule has 94 valence electrons. The van der Waals surface area contributed by atoms with Gasteiger partial charge in [-0.1, -0.05) is 0 Å². The van der Waals surface area contributed by atoms with E-state index in [9.17, 15) is 5.11 Å². The second-order valence-corrected chi connectivity index (χ2v) is 5.39. The van der Waals surface area contributed by atoms with E-state index in [0.717, 1.165) is 45.7 Å². The Morgan fingerprint density at radius 1 is 1.25 bits per heavy atom. The third kappa shape index (κ3) is 2.94. The molecule has 0 aromatic rings. The smallest absolute Gasteiger partial charge is 0.0626 e. The molecule has 4 nitrogen and oxygen atoms in total. The van der Waals surface area contributed by atoms with Crippen LogP contribution in [0, 0.1) is 5.92 Å². The monoisotopic (exact) mass is 228 g/mol. The Morgan fingerprint density at radius 3 is 2.56 bits per heavy atom. The average molecular weight is 228 g/mol. The van der Waals surface area contributed by atoms with Crippen LogP contribution in [0.5, 0.6) is 0 Å². The van der Waals surface area contributed by atoms with Crippen molar-refractivity contribution >= 4 is 0 Å². The zero-order valence-corrected chi connectivity index (χ0v) is 10.4. The number of ether oxygens (including phenoxy) is 1. The van der Waals surface area contributed by atoms with Gasteiger partial charge in [0.25, 0.3) is 0 Å².